The van der Waals surface area contributed by atoms with E-state index < -0.39 is 0 Å². The maximum atomic E-state index is 12.1. The molecule has 2 unspecified atom stereocenters. The number of nitrogens with zero attached hydrogens (tertiary/aromatic N) is 4. The van der Waals surface area contributed by atoms with Crippen LogP contribution in [0.4, 0.5) is 0 Å². The van der Waals surface area contributed by atoms with Gasteiger partial charge in [-0.1, -0.05) is 6.92 Å². The van der Waals surface area contributed by atoms with E-state index in [9.17, 15) is 4.79 Å². The molecule has 164 valence electrons. The smallest absolute Gasteiger partial charge is 0.310 e. The quantitative estimate of drug-likeness (QED) is 0.244. The van der Waals surface area contributed by atoms with E-state index in [1.807, 2.05) is 6.92 Å². The van der Waals surface area contributed by atoms with E-state index in [1.165, 1.54) is 0 Å². The Bertz CT molecular complexity index is 483. The van der Waals surface area contributed by atoms with Crippen LogP contribution in [0, 0.1) is 11.8 Å². The molecule has 7 nitrogen and oxygen atoms in total. The van der Waals surface area contributed by atoms with Gasteiger partial charge in [0.2, 0.25) is 0 Å². The molecule has 0 saturated carbocycles. The molecule has 2 rings (SSSR count). The minimum atomic E-state index is -0.0681. The lowest BCUT2D eigenvalue weighted by Crippen LogP contribution is -2.48. The third kappa shape index (κ3) is 8.41. The highest BCUT2D eigenvalue weighted by atomic mass is 127. The van der Waals surface area contributed by atoms with Gasteiger partial charge in [0.05, 0.1) is 12.5 Å². The summed E-state index contributed by atoms with van der Waals surface area (Å²) < 4.78 is 5.22. The SMILES string of the molecule is CCNC(=NCC(C)CN1CCN(C)CC1)N1CCCC(C(=O)OCC)C1.I. The molecule has 0 bridgehead atoms. The first-order valence-corrected chi connectivity index (χ1v) is 10.6. The largest absolute Gasteiger partial charge is 0.466 e. The van der Waals surface area contributed by atoms with E-state index in [1.54, 1.807) is 0 Å². The van der Waals surface area contributed by atoms with Crippen molar-refractivity contribution in [2.75, 3.05) is 72.6 Å². The number of hydrogen-bond donors (Lipinski definition) is 1. The van der Waals surface area contributed by atoms with Gasteiger partial charge in [-0.15, -0.1) is 24.0 Å². The van der Waals surface area contributed by atoms with Crippen LogP contribution in [0.3, 0.4) is 0 Å². The van der Waals surface area contributed by atoms with Gasteiger partial charge in [-0.05, 0) is 39.7 Å². The number of aliphatic imine (C=N–C) groups is 1. The lowest BCUT2D eigenvalue weighted by atomic mass is 9.98. The number of esters is 1. The number of rotatable bonds is 7. The molecule has 2 aliphatic heterocycles. The molecule has 1 N–H and O–H groups in total. The van der Waals surface area contributed by atoms with Gasteiger partial charge in [0.25, 0.3) is 0 Å². The lowest BCUT2D eigenvalue weighted by Gasteiger charge is -2.35. The Morgan fingerprint density at radius 3 is 2.57 bits per heavy atom. The normalized spacial score (nSPS) is 23.1. The zero-order valence-electron chi connectivity index (χ0n) is 18.2. The van der Waals surface area contributed by atoms with Gasteiger partial charge < -0.3 is 24.8 Å². The van der Waals surface area contributed by atoms with Gasteiger partial charge in [-0.25, -0.2) is 0 Å². The molecule has 0 aromatic carbocycles. The van der Waals surface area contributed by atoms with Crippen molar-refractivity contribution in [2.45, 2.75) is 33.6 Å². The Hall–Kier alpha value is -0.610. The predicted octanol–water partition coefficient (Wildman–Crippen LogP) is 1.73. The highest BCUT2D eigenvalue weighted by Gasteiger charge is 2.28. The van der Waals surface area contributed by atoms with E-state index in [0.717, 1.165) is 71.2 Å². The number of nitrogens with one attached hydrogen (secondary N) is 1. The van der Waals surface area contributed by atoms with Crippen LogP contribution in [0.25, 0.3) is 0 Å². The van der Waals surface area contributed by atoms with Gasteiger partial charge in [-0.3, -0.25) is 9.79 Å². The zero-order valence-corrected chi connectivity index (χ0v) is 20.5. The van der Waals surface area contributed by atoms with Crippen LogP contribution in [0.1, 0.15) is 33.6 Å². The third-order valence-electron chi connectivity index (χ3n) is 5.39. The van der Waals surface area contributed by atoms with Gasteiger partial charge in [-0.2, -0.15) is 0 Å². The van der Waals surface area contributed by atoms with Crippen LogP contribution >= 0.6 is 24.0 Å². The van der Waals surface area contributed by atoms with E-state index in [2.05, 4.69) is 40.9 Å². The number of hydrogen-bond acceptors (Lipinski definition) is 5. The van der Waals surface area contributed by atoms with Crippen molar-refractivity contribution in [1.82, 2.24) is 20.0 Å². The molecule has 2 fully saturated rings. The molecule has 2 heterocycles. The standard InChI is InChI=1S/C20H39N5O2.HI/c1-5-21-20(25-9-7-8-18(16-25)19(26)27-6-2)22-14-17(3)15-24-12-10-23(4)11-13-24;/h17-18H,5-16H2,1-4H3,(H,21,22);1H. The Labute approximate surface area is 188 Å². The summed E-state index contributed by atoms with van der Waals surface area (Å²) in [4.78, 5) is 24.2. The topological polar surface area (TPSA) is 60.4 Å². The second-order valence-corrected chi connectivity index (χ2v) is 7.94. The van der Waals surface area contributed by atoms with E-state index in [-0.39, 0.29) is 35.9 Å². The summed E-state index contributed by atoms with van der Waals surface area (Å²) in [5, 5.41) is 3.41. The molecular weight excluding hydrogens is 469 g/mol. The fourth-order valence-electron chi connectivity index (χ4n) is 3.82. The first-order chi connectivity index (χ1) is 13.0. The fourth-order valence-corrected chi connectivity index (χ4v) is 3.82. The number of carbonyl (C=O) groups excluding carboxylic acids is 1. The Morgan fingerprint density at radius 2 is 1.93 bits per heavy atom. The van der Waals surface area contributed by atoms with Gasteiger partial charge in [0, 0.05) is 58.9 Å². The maximum absolute atomic E-state index is 12.1. The highest BCUT2D eigenvalue weighted by Crippen LogP contribution is 2.18. The minimum Gasteiger partial charge on any atom is -0.466 e. The van der Waals surface area contributed by atoms with Crippen molar-refractivity contribution >= 4 is 35.9 Å². The second-order valence-electron chi connectivity index (χ2n) is 7.94. The Kier molecular flexibility index (Phi) is 12.3. The summed E-state index contributed by atoms with van der Waals surface area (Å²) in [6.45, 7) is 15.7. The summed E-state index contributed by atoms with van der Waals surface area (Å²) in [5.41, 5.74) is 0. The Morgan fingerprint density at radius 1 is 1.21 bits per heavy atom. The summed E-state index contributed by atoms with van der Waals surface area (Å²) in [7, 11) is 2.19. The maximum Gasteiger partial charge on any atom is 0.310 e. The molecule has 28 heavy (non-hydrogen) atoms. The second kappa shape index (κ2) is 13.6. The van der Waals surface area contributed by atoms with E-state index in [4.69, 9.17) is 9.73 Å². The van der Waals surface area contributed by atoms with Gasteiger partial charge in [0.15, 0.2) is 5.96 Å². The molecule has 0 aromatic rings. The van der Waals surface area contributed by atoms with Gasteiger partial charge in [0.1, 0.15) is 0 Å². The van der Waals surface area contributed by atoms with E-state index >= 15 is 0 Å². The predicted molar refractivity (Wildman–Crippen MR) is 125 cm³/mol. The highest BCUT2D eigenvalue weighted by molar-refractivity contribution is 14.0. The summed E-state index contributed by atoms with van der Waals surface area (Å²) in [5.74, 6) is 1.36. The van der Waals surface area contributed by atoms with Gasteiger partial charge >= 0.3 is 5.97 Å². The molecular formula is C20H40IN5O2. The molecule has 2 saturated heterocycles. The van der Waals surface area contributed by atoms with Crippen molar-refractivity contribution in [1.29, 1.82) is 0 Å². The molecule has 0 aromatic heterocycles. The first kappa shape index (κ1) is 25.4. The summed E-state index contributed by atoms with van der Waals surface area (Å²) in [6, 6.07) is 0. The molecule has 2 atom stereocenters. The van der Waals surface area contributed by atoms with Crippen LogP contribution in [-0.4, -0.2) is 99.2 Å². The number of ether oxygens (including phenoxy) is 1. The molecule has 0 radical (unpaired) electrons. The first-order valence-electron chi connectivity index (χ1n) is 10.6. The fraction of sp³-hybridized carbons (Fsp3) is 0.900. The van der Waals surface area contributed by atoms with E-state index in [0.29, 0.717) is 19.1 Å². The third-order valence-corrected chi connectivity index (χ3v) is 5.39. The van der Waals surface area contributed by atoms with Crippen molar-refractivity contribution in [3.8, 4) is 0 Å². The van der Waals surface area contributed by atoms with Crippen LogP contribution < -0.4 is 5.32 Å². The molecule has 2 aliphatic rings. The average Bonchev–Trinajstić information content (AvgIpc) is 2.67. The number of carbonyl (C=O) groups is 1. The van der Waals surface area contributed by atoms with Crippen LogP contribution in [0.2, 0.25) is 0 Å². The molecule has 0 aliphatic carbocycles. The van der Waals surface area contributed by atoms with Crippen molar-refractivity contribution < 1.29 is 9.53 Å². The Balaban J connectivity index is 0.00000392. The molecule has 8 heteroatoms. The summed E-state index contributed by atoms with van der Waals surface area (Å²) >= 11 is 0. The number of halogens is 1. The monoisotopic (exact) mass is 509 g/mol. The van der Waals surface area contributed by atoms with Crippen molar-refractivity contribution in [3.05, 3.63) is 0 Å². The van der Waals surface area contributed by atoms with Crippen molar-refractivity contribution in [2.24, 2.45) is 16.8 Å². The number of piperidine rings is 1. The lowest BCUT2D eigenvalue weighted by molar-refractivity contribution is -0.149. The van der Waals surface area contributed by atoms with Crippen LogP contribution in [0.5, 0.6) is 0 Å². The molecule has 0 spiro atoms. The number of likely N-dealkylation sites (tertiary alicyclic amines) is 1. The van der Waals surface area contributed by atoms with Crippen molar-refractivity contribution in [3.63, 3.8) is 0 Å². The van der Waals surface area contributed by atoms with Crippen LogP contribution in [0.15, 0.2) is 4.99 Å². The summed E-state index contributed by atoms with van der Waals surface area (Å²) in [6.07, 6.45) is 1.92. The number of piperazine rings is 1. The average molecular weight is 509 g/mol. The number of guanidine groups is 1. The minimum absolute atomic E-state index is 0. The zero-order chi connectivity index (χ0) is 19.6. The molecule has 0 amide bonds. The van der Waals surface area contributed by atoms with Crippen LogP contribution in [-0.2, 0) is 9.53 Å². The number of likely N-dealkylation sites (N-methyl/N-ethyl adjacent to an activating group) is 1.